The van der Waals surface area contributed by atoms with Crippen LogP contribution in [0, 0.1) is 5.41 Å². The van der Waals surface area contributed by atoms with Crippen LogP contribution in [0.2, 0.25) is 0 Å². The van der Waals surface area contributed by atoms with Crippen LogP contribution in [0.1, 0.15) is 18.9 Å². The first-order valence-corrected chi connectivity index (χ1v) is 16.2. The van der Waals surface area contributed by atoms with Crippen LogP contribution in [0.4, 0.5) is 0 Å². The van der Waals surface area contributed by atoms with Gasteiger partial charge in [-0.3, -0.25) is 0 Å². The number of hydrogen-bond donors (Lipinski definition) is 0. The molecule has 0 aliphatic heterocycles. The Labute approximate surface area is 261 Å². The van der Waals surface area contributed by atoms with Gasteiger partial charge in [-0.1, -0.05) is 140 Å². The van der Waals surface area contributed by atoms with Gasteiger partial charge in [0, 0.05) is 25.6 Å². The standard InChI is InChI=1S/C43H30S/c1-43-25-10-9-20-37(43)34(19-12-26-43)41-32-16-6-5-15-31(32)40(28-13-3-2-4-14-28)33-24-23-29(27-36(33)41)30-18-11-22-39-42(30)35-17-7-8-21-38(35)44-39/h2-25,27H,26H2,1H3/t43-/m0/s1. The van der Waals surface area contributed by atoms with E-state index in [1.54, 1.807) is 0 Å². The van der Waals surface area contributed by atoms with Crippen LogP contribution >= 0.6 is 11.3 Å². The Kier molecular flexibility index (Phi) is 5.67. The average molecular weight is 579 g/mol. The van der Waals surface area contributed by atoms with Crippen molar-refractivity contribution in [3.63, 3.8) is 0 Å². The molecule has 0 saturated carbocycles. The van der Waals surface area contributed by atoms with Crippen molar-refractivity contribution in [2.24, 2.45) is 5.41 Å². The molecule has 0 fully saturated rings. The largest absolute Gasteiger partial charge is 0.135 e. The van der Waals surface area contributed by atoms with Crippen molar-refractivity contribution in [1.82, 2.24) is 0 Å². The Morgan fingerprint density at radius 3 is 2.16 bits per heavy atom. The van der Waals surface area contributed by atoms with E-state index < -0.39 is 0 Å². The van der Waals surface area contributed by atoms with Crippen LogP contribution in [0.5, 0.6) is 0 Å². The molecule has 1 heteroatoms. The fourth-order valence-corrected chi connectivity index (χ4v) is 8.70. The fourth-order valence-electron chi connectivity index (χ4n) is 7.57. The van der Waals surface area contributed by atoms with Crippen molar-refractivity contribution in [1.29, 1.82) is 0 Å². The van der Waals surface area contributed by atoms with Gasteiger partial charge in [-0.05, 0) is 85.1 Å². The lowest BCUT2D eigenvalue weighted by Crippen LogP contribution is -2.20. The molecule has 6 aromatic carbocycles. The Bertz CT molecular complexity index is 2410. The number of benzene rings is 6. The Balaban J connectivity index is 1.44. The highest BCUT2D eigenvalue weighted by molar-refractivity contribution is 7.25. The second-order valence-electron chi connectivity index (χ2n) is 12.3. The topological polar surface area (TPSA) is 0 Å². The monoisotopic (exact) mass is 578 g/mol. The summed E-state index contributed by atoms with van der Waals surface area (Å²) in [5, 5.41) is 7.88. The summed E-state index contributed by atoms with van der Waals surface area (Å²) in [4.78, 5) is 0. The van der Waals surface area contributed by atoms with Crippen molar-refractivity contribution in [3.8, 4) is 22.3 Å². The molecular weight excluding hydrogens is 549 g/mol. The lowest BCUT2D eigenvalue weighted by molar-refractivity contribution is 0.529. The average Bonchev–Trinajstić information content (AvgIpc) is 3.46. The van der Waals surface area contributed by atoms with Crippen molar-refractivity contribution >= 4 is 58.6 Å². The maximum Gasteiger partial charge on any atom is 0.0361 e. The van der Waals surface area contributed by atoms with Gasteiger partial charge in [0.15, 0.2) is 0 Å². The minimum Gasteiger partial charge on any atom is -0.135 e. The van der Waals surface area contributed by atoms with Crippen molar-refractivity contribution in [3.05, 3.63) is 163 Å². The number of fused-ring (bicyclic) bond motifs is 6. The van der Waals surface area contributed by atoms with Crippen LogP contribution in [0.15, 0.2) is 157 Å². The summed E-state index contributed by atoms with van der Waals surface area (Å²) in [6.07, 6.45) is 14.9. The SMILES string of the molecule is C[C@@]12C=CC=CC1=C(c1c3ccccc3c(-c3ccccc3)c3ccc(-c4cccc5sc6ccccc6c45)cc13)C=CC2. The minimum atomic E-state index is -0.0108. The third-order valence-electron chi connectivity index (χ3n) is 9.64. The van der Waals surface area contributed by atoms with E-state index in [0.717, 1.165) is 6.42 Å². The van der Waals surface area contributed by atoms with E-state index in [-0.39, 0.29) is 5.41 Å². The molecule has 9 rings (SSSR count). The highest BCUT2D eigenvalue weighted by atomic mass is 32.1. The van der Waals surface area contributed by atoms with Gasteiger partial charge >= 0.3 is 0 Å². The highest BCUT2D eigenvalue weighted by Gasteiger charge is 2.31. The zero-order valence-electron chi connectivity index (χ0n) is 24.5. The number of rotatable bonds is 3. The van der Waals surface area contributed by atoms with E-state index in [4.69, 9.17) is 0 Å². The molecular formula is C43H30S. The summed E-state index contributed by atoms with van der Waals surface area (Å²) in [5.41, 5.74) is 9.16. The predicted octanol–water partition coefficient (Wildman–Crippen LogP) is 12.5. The van der Waals surface area contributed by atoms with Crippen LogP contribution in [0.25, 0.3) is 69.5 Å². The third-order valence-corrected chi connectivity index (χ3v) is 10.8. The van der Waals surface area contributed by atoms with E-state index in [9.17, 15) is 0 Å². The first-order valence-electron chi connectivity index (χ1n) is 15.4. The molecule has 1 atom stereocenters. The molecule has 2 aliphatic rings. The zero-order valence-corrected chi connectivity index (χ0v) is 25.4. The van der Waals surface area contributed by atoms with E-state index in [1.807, 2.05) is 11.3 Å². The van der Waals surface area contributed by atoms with E-state index in [1.165, 1.54) is 80.7 Å². The zero-order chi connectivity index (χ0) is 29.3. The highest BCUT2D eigenvalue weighted by Crippen LogP contribution is 2.50. The Hall–Kier alpha value is -4.98. The van der Waals surface area contributed by atoms with Crippen molar-refractivity contribution in [2.75, 3.05) is 0 Å². The molecule has 0 nitrogen and oxygen atoms in total. The molecule has 0 saturated heterocycles. The van der Waals surface area contributed by atoms with E-state index >= 15 is 0 Å². The molecule has 7 aromatic rings. The molecule has 0 amide bonds. The molecule has 1 heterocycles. The summed E-state index contributed by atoms with van der Waals surface area (Å²) in [6, 6.07) is 42.7. The van der Waals surface area contributed by atoms with Crippen LogP contribution in [0.3, 0.4) is 0 Å². The summed E-state index contributed by atoms with van der Waals surface area (Å²) >= 11 is 1.88. The maximum atomic E-state index is 2.47. The van der Waals surface area contributed by atoms with Gasteiger partial charge in [0.05, 0.1) is 0 Å². The number of allylic oxidation sites excluding steroid dienone is 8. The first-order chi connectivity index (χ1) is 21.7. The molecule has 0 radical (unpaired) electrons. The van der Waals surface area contributed by atoms with Crippen LogP contribution in [-0.4, -0.2) is 0 Å². The molecule has 44 heavy (non-hydrogen) atoms. The summed E-state index contributed by atoms with van der Waals surface area (Å²) in [6.45, 7) is 2.38. The minimum absolute atomic E-state index is 0.0108. The normalized spacial score (nSPS) is 17.8. The summed E-state index contributed by atoms with van der Waals surface area (Å²) in [7, 11) is 0. The molecule has 0 bridgehead atoms. The Morgan fingerprint density at radius 1 is 0.568 bits per heavy atom. The second-order valence-corrected chi connectivity index (χ2v) is 13.4. The molecule has 2 aliphatic carbocycles. The maximum absolute atomic E-state index is 2.47. The lowest BCUT2D eigenvalue weighted by atomic mass is 9.69. The van der Waals surface area contributed by atoms with Gasteiger partial charge in [-0.2, -0.15) is 0 Å². The van der Waals surface area contributed by atoms with Gasteiger partial charge in [-0.25, -0.2) is 0 Å². The number of thiophene rings is 1. The first kappa shape index (κ1) is 25.5. The molecule has 1 aromatic heterocycles. The predicted molar refractivity (Wildman–Crippen MR) is 192 cm³/mol. The van der Waals surface area contributed by atoms with E-state index in [0.29, 0.717) is 0 Å². The molecule has 0 N–H and O–H groups in total. The third kappa shape index (κ3) is 3.76. The summed E-state index contributed by atoms with van der Waals surface area (Å²) < 4.78 is 2.67. The van der Waals surface area contributed by atoms with Gasteiger partial charge in [0.25, 0.3) is 0 Å². The fraction of sp³-hybridized carbons (Fsp3) is 0.0698. The Morgan fingerprint density at radius 2 is 1.30 bits per heavy atom. The van der Waals surface area contributed by atoms with Crippen LogP contribution < -0.4 is 0 Å². The van der Waals surface area contributed by atoms with Crippen LogP contribution in [-0.2, 0) is 0 Å². The molecule has 208 valence electrons. The van der Waals surface area contributed by atoms with E-state index in [2.05, 4.69) is 159 Å². The molecule has 0 unspecified atom stereocenters. The summed E-state index contributed by atoms with van der Waals surface area (Å²) in [5.74, 6) is 0. The van der Waals surface area contributed by atoms with Crippen molar-refractivity contribution < 1.29 is 0 Å². The van der Waals surface area contributed by atoms with Gasteiger partial charge in [0.1, 0.15) is 0 Å². The smallest absolute Gasteiger partial charge is 0.0361 e. The van der Waals surface area contributed by atoms with Gasteiger partial charge in [-0.15, -0.1) is 11.3 Å². The molecule has 0 spiro atoms. The van der Waals surface area contributed by atoms with Gasteiger partial charge < -0.3 is 0 Å². The number of hydrogen-bond acceptors (Lipinski definition) is 1. The second kappa shape index (κ2) is 9.77. The van der Waals surface area contributed by atoms with Gasteiger partial charge in [0.2, 0.25) is 0 Å². The van der Waals surface area contributed by atoms with Crippen molar-refractivity contribution in [2.45, 2.75) is 13.3 Å². The lowest BCUT2D eigenvalue weighted by Gasteiger charge is -2.34. The quantitative estimate of drug-likeness (QED) is 0.183.